The van der Waals surface area contributed by atoms with E-state index in [0.717, 1.165) is 18.2 Å². The number of ether oxygens (including phenoxy) is 2. The van der Waals surface area contributed by atoms with Gasteiger partial charge in [0.25, 0.3) is 0 Å². The Hall–Kier alpha value is -2.10. The van der Waals surface area contributed by atoms with Gasteiger partial charge in [0.05, 0.1) is 12.2 Å². The van der Waals surface area contributed by atoms with Crippen molar-refractivity contribution in [3.05, 3.63) is 59.7 Å². The number of rotatable bonds is 5. The summed E-state index contributed by atoms with van der Waals surface area (Å²) in [6.07, 6.45) is 2.73. The van der Waals surface area contributed by atoms with Crippen molar-refractivity contribution >= 4 is 27.4 Å². The molecule has 4 unspecified atom stereocenters. The number of hydrogen-bond donors (Lipinski definition) is 3. The number of aromatic nitrogens is 1. The first-order chi connectivity index (χ1) is 14.5. The standard InChI is InChI=1S/C18H20FNO9P2/c1-3-26-17(21)27-15-9-13(19)6-7-14(15)16-28-30(2,23)18(22,31(24,25)29-16)10-12-5-4-8-20-11-12/h4-9,11,16,22-23H,2-3,10H2,1H3,(H,24,25). The summed E-state index contributed by atoms with van der Waals surface area (Å²) in [5.41, 5.74) is 0.120. The lowest BCUT2D eigenvalue weighted by Crippen LogP contribution is -2.38. The molecule has 4 atom stereocenters. The molecule has 2 aromatic rings. The van der Waals surface area contributed by atoms with Gasteiger partial charge in [0.2, 0.25) is 11.4 Å². The summed E-state index contributed by atoms with van der Waals surface area (Å²) >= 11 is 0. The van der Waals surface area contributed by atoms with Crippen LogP contribution >= 0.6 is 14.9 Å². The highest BCUT2D eigenvalue weighted by Crippen LogP contribution is 2.79. The summed E-state index contributed by atoms with van der Waals surface area (Å²) in [5, 5.41) is 8.19. The van der Waals surface area contributed by atoms with Crippen molar-refractivity contribution < 1.29 is 47.2 Å². The largest absolute Gasteiger partial charge is 0.513 e. The molecule has 1 aliphatic rings. The molecule has 3 N–H and O–H groups in total. The molecule has 0 bridgehead atoms. The second-order valence-corrected chi connectivity index (χ2v) is 11.2. The second-order valence-electron chi connectivity index (χ2n) is 6.54. The Balaban J connectivity index is 1.97. The fraction of sp³-hybridized carbons (Fsp3) is 0.278. The van der Waals surface area contributed by atoms with E-state index in [-0.39, 0.29) is 12.2 Å². The van der Waals surface area contributed by atoms with E-state index >= 15 is 0 Å². The Morgan fingerprint density at radius 2 is 2.10 bits per heavy atom. The first-order valence-electron chi connectivity index (χ1n) is 8.90. The second kappa shape index (κ2) is 8.80. The predicted octanol–water partition coefficient (Wildman–Crippen LogP) is 3.15. The van der Waals surface area contributed by atoms with E-state index < -0.39 is 50.5 Å². The summed E-state index contributed by atoms with van der Waals surface area (Å²) in [5.74, 6) is -1.22. The van der Waals surface area contributed by atoms with Gasteiger partial charge >= 0.3 is 13.8 Å². The van der Waals surface area contributed by atoms with Crippen molar-refractivity contribution in [1.29, 1.82) is 0 Å². The molecule has 0 radical (unpaired) electrons. The number of nitrogens with zero attached hydrogens (tertiary/aromatic N) is 1. The minimum Gasteiger partial charge on any atom is -0.434 e. The topological polar surface area (TPSA) is 145 Å². The van der Waals surface area contributed by atoms with Crippen LogP contribution in [0, 0.1) is 5.82 Å². The Morgan fingerprint density at radius 1 is 1.35 bits per heavy atom. The minimum absolute atomic E-state index is 0.0166. The van der Waals surface area contributed by atoms with Crippen LogP contribution in [0.4, 0.5) is 9.18 Å². The predicted molar refractivity (Wildman–Crippen MR) is 108 cm³/mol. The molecule has 10 nitrogen and oxygen atoms in total. The molecule has 1 fully saturated rings. The van der Waals surface area contributed by atoms with Gasteiger partial charge in [-0.05, 0) is 37.0 Å². The van der Waals surface area contributed by atoms with Crippen LogP contribution in [0.1, 0.15) is 24.3 Å². The first-order valence-corrected chi connectivity index (χ1v) is 12.3. The summed E-state index contributed by atoms with van der Waals surface area (Å²) in [7, 11) is -9.29. The average molecular weight is 475 g/mol. The smallest absolute Gasteiger partial charge is 0.434 e. The normalized spacial score (nSPS) is 30.5. The van der Waals surface area contributed by atoms with E-state index in [0.29, 0.717) is 5.56 Å². The molecule has 1 aromatic carbocycles. The number of benzene rings is 1. The lowest BCUT2D eigenvalue weighted by molar-refractivity contribution is -0.0484. The van der Waals surface area contributed by atoms with Crippen molar-refractivity contribution in [3.8, 4) is 5.75 Å². The van der Waals surface area contributed by atoms with Crippen LogP contribution in [0.15, 0.2) is 42.7 Å². The highest BCUT2D eigenvalue weighted by Gasteiger charge is 2.62. The van der Waals surface area contributed by atoms with E-state index in [1.165, 1.54) is 31.5 Å². The molecule has 0 spiro atoms. The third-order valence-corrected chi connectivity index (χ3v) is 9.42. The van der Waals surface area contributed by atoms with Crippen molar-refractivity contribution in [3.63, 3.8) is 0 Å². The van der Waals surface area contributed by atoms with Crippen LogP contribution in [-0.2, 0) is 24.8 Å². The third kappa shape index (κ3) is 4.73. The van der Waals surface area contributed by atoms with Crippen molar-refractivity contribution in [2.45, 2.75) is 24.7 Å². The summed E-state index contributed by atoms with van der Waals surface area (Å²) in [6, 6.07) is 5.88. The number of aliphatic hydroxyl groups is 1. The number of carbonyl (C=O) groups excluding carboxylic acids is 1. The number of pyridine rings is 1. The van der Waals surface area contributed by atoms with E-state index in [9.17, 15) is 28.6 Å². The summed E-state index contributed by atoms with van der Waals surface area (Å²) in [4.78, 5) is 36.9. The van der Waals surface area contributed by atoms with Crippen LogP contribution in [0.2, 0.25) is 0 Å². The van der Waals surface area contributed by atoms with Crippen LogP contribution in [0.3, 0.4) is 0 Å². The SMILES string of the molecule is C=P1(O)OC(c2ccc(F)cc2OC(=O)OCC)OP(=O)(O)C1(O)Cc1cccnc1. The minimum atomic E-state index is -5.02. The van der Waals surface area contributed by atoms with E-state index in [2.05, 4.69) is 16.0 Å². The molecular weight excluding hydrogens is 455 g/mol. The molecule has 1 saturated heterocycles. The lowest BCUT2D eigenvalue weighted by Gasteiger charge is -2.45. The Kier molecular flexibility index (Phi) is 6.69. The highest BCUT2D eigenvalue weighted by atomic mass is 31.2. The molecule has 0 saturated carbocycles. The summed E-state index contributed by atoms with van der Waals surface area (Å²) < 4.78 is 46.7. The van der Waals surface area contributed by atoms with Gasteiger partial charge in [0.15, 0.2) is 7.34 Å². The van der Waals surface area contributed by atoms with Gasteiger partial charge in [-0.25, -0.2) is 9.18 Å². The maximum atomic E-state index is 13.7. The zero-order valence-electron chi connectivity index (χ0n) is 16.3. The molecular formula is C18H20FNO9P2. The van der Waals surface area contributed by atoms with Crippen molar-refractivity contribution in [1.82, 2.24) is 4.98 Å². The zero-order chi connectivity index (χ0) is 22.9. The van der Waals surface area contributed by atoms with Gasteiger partial charge < -0.3 is 24.4 Å². The molecule has 168 valence electrons. The van der Waals surface area contributed by atoms with Crippen LogP contribution in [-0.4, -0.2) is 44.0 Å². The van der Waals surface area contributed by atoms with Gasteiger partial charge in [-0.3, -0.25) is 18.6 Å². The fourth-order valence-electron chi connectivity index (χ4n) is 2.82. The summed E-state index contributed by atoms with van der Waals surface area (Å²) in [6.45, 7) is 1.51. The molecule has 13 heteroatoms. The van der Waals surface area contributed by atoms with Gasteiger partial charge in [-0.2, -0.15) is 0 Å². The van der Waals surface area contributed by atoms with Gasteiger partial charge in [0, 0.05) is 24.9 Å². The molecule has 3 rings (SSSR count). The molecule has 31 heavy (non-hydrogen) atoms. The zero-order valence-corrected chi connectivity index (χ0v) is 18.0. The number of carbonyl (C=O) groups is 1. The maximum Gasteiger partial charge on any atom is 0.513 e. The Morgan fingerprint density at radius 3 is 2.71 bits per heavy atom. The van der Waals surface area contributed by atoms with E-state index in [4.69, 9.17) is 13.8 Å². The highest BCUT2D eigenvalue weighted by molar-refractivity contribution is 7.78. The van der Waals surface area contributed by atoms with Crippen LogP contribution in [0.25, 0.3) is 0 Å². The Labute approximate surface area is 176 Å². The number of hydrogen-bond acceptors (Lipinski definition) is 9. The lowest BCUT2D eigenvalue weighted by atomic mass is 10.2. The number of halogens is 1. The molecule has 2 heterocycles. The van der Waals surface area contributed by atoms with Gasteiger partial charge in [-0.15, -0.1) is 0 Å². The van der Waals surface area contributed by atoms with E-state index in [1.807, 2.05) is 0 Å². The maximum absolute atomic E-state index is 13.7. The third-order valence-electron chi connectivity index (χ3n) is 4.37. The Bertz CT molecular complexity index is 1040. The quantitative estimate of drug-likeness (QED) is 0.335. The van der Waals surface area contributed by atoms with Gasteiger partial charge in [-0.1, -0.05) is 6.07 Å². The molecule has 1 aromatic heterocycles. The molecule has 0 amide bonds. The average Bonchev–Trinajstić information content (AvgIpc) is 2.67. The van der Waals surface area contributed by atoms with Crippen LogP contribution in [0.5, 0.6) is 5.75 Å². The van der Waals surface area contributed by atoms with Crippen LogP contribution < -0.4 is 4.74 Å². The van der Waals surface area contributed by atoms with Gasteiger partial charge in [0.1, 0.15) is 11.6 Å². The fourth-order valence-corrected chi connectivity index (χ4v) is 6.79. The molecule has 1 aliphatic heterocycles. The van der Waals surface area contributed by atoms with E-state index in [1.54, 1.807) is 0 Å². The van der Waals surface area contributed by atoms with Crippen molar-refractivity contribution in [2.75, 3.05) is 6.61 Å². The first kappa shape index (κ1) is 23.6. The monoisotopic (exact) mass is 475 g/mol. The molecule has 0 aliphatic carbocycles. The van der Waals surface area contributed by atoms with Crippen molar-refractivity contribution in [2.24, 2.45) is 0 Å².